The Labute approximate surface area is 172 Å². The zero-order chi connectivity index (χ0) is 21.1. The first-order valence-corrected chi connectivity index (χ1v) is 9.22. The van der Waals surface area contributed by atoms with Gasteiger partial charge in [-0.1, -0.05) is 11.6 Å². The number of nitro benzene ring substituents is 1. The van der Waals surface area contributed by atoms with E-state index in [0.29, 0.717) is 16.4 Å². The van der Waals surface area contributed by atoms with Crippen molar-refractivity contribution < 1.29 is 23.2 Å². The van der Waals surface area contributed by atoms with E-state index in [-0.39, 0.29) is 22.0 Å². The fraction of sp³-hybridized carbons (Fsp3) is 0.111. The van der Waals surface area contributed by atoms with Crippen molar-refractivity contribution in [3.8, 4) is 17.0 Å². The van der Waals surface area contributed by atoms with Crippen LogP contribution in [-0.2, 0) is 0 Å². The third-order valence-electron chi connectivity index (χ3n) is 3.78. The number of ether oxygens (including phenoxy) is 1. The summed E-state index contributed by atoms with van der Waals surface area (Å²) in [5.74, 6) is -0.538. The lowest BCUT2D eigenvalue weighted by Gasteiger charge is -2.05. The van der Waals surface area contributed by atoms with Crippen LogP contribution in [0, 0.1) is 17.0 Å². The molecule has 1 N–H and O–H groups in total. The van der Waals surface area contributed by atoms with E-state index in [9.17, 15) is 23.7 Å². The molecule has 1 aromatic heterocycles. The summed E-state index contributed by atoms with van der Waals surface area (Å²) >= 11 is 7.19. The molecule has 0 unspecified atom stereocenters. The largest absolute Gasteiger partial charge is 0.435 e. The summed E-state index contributed by atoms with van der Waals surface area (Å²) in [7, 11) is 0. The maximum Gasteiger partial charge on any atom is 0.387 e. The highest BCUT2D eigenvalue weighted by molar-refractivity contribution is 7.16. The standard InChI is InChI=1S/C18H12ClF2N3O4S/c1-9-15(10-2-5-12(6-3-10)28-17(20)21)22-18(29-9)23-16(25)13-7-4-11(24(26)27)8-14(13)19/h2-8,17H,1H3,(H,22,23,25). The van der Waals surface area contributed by atoms with Gasteiger partial charge in [0.1, 0.15) is 5.75 Å². The number of nitro groups is 1. The summed E-state index contributed by atoms with van der Waals surface area (Å²) in [6.07, 6.45) is 0. The van der Waals surface area contributed by atoms with E-state index in [1.54, 1.807) is 19.1 Å². The molecule has 11 heteroatoms. The number of non-ortho nitro benzene ring substituents is 1. The topological polar surface area (TPSA) is 94.4 Å². The average molecular weight is 440 g/mol. The molecule has 0 spiro atoms. The van der Waals surface area contributed by atoms with Gasteiger partial charge in [0, 0.05) is 22.6 Å². The molecule has 29 heavy (non-hydrogen) atoms. The Balaban J connectivity index is 1.78. The van der Waals surface area contributed by atoms with Gasteiger partial charge in [-0.3, -0.25) is 20.2 Å². The van der Waals surface area contributed by atoms with Crippen LogP contribution in [0.25, 0.3) is 11.3 Å². The van der Waals surface area contributed by atoms with Crippen LogP contribution in [0.5, 0.6) is 5.75 Å². The van der Waals surface area contributed by atoms with E-state index in [2.05, 4.69) is 15.0 Å². The summed E-state index contributed by atoms with van der Waals surface area (Å²) in [6, 6.07) is 9.50. The second-order valence-corrected chi connectivity index (χ2v) is 7.31. The van der Waals surface area contributed by atoms with Crippen molar-refractivity contribution in [2.45, 2.75) is 13.5 Å². The number of hydrogen-bond donors (Lipinski definition) is 1. The van der Waals surface area contributed by atoms with Gasteiger partial charge in [0.05, 0.1) is 21.2 Å². The van der Waals surface area contributed by atoms with Crippen molar-refractivity contribution >= 4 is 39.7 Å². The van der Waals surface area contributed by atoms with Gasteiger partial charge < -0.3 is 4.74 Å². The minimum Gasteiger partial charge on any atom is -0.435 e. The molecule has 2 aromatic carbocycles. The lowest BCUT2D eigenvalue weighted by atomic mass is 10.1. The van der Waals surface area contributed by atoms with Crippen LogP contribution >= 0.6 is 22.9 Å². The van der Waals surface area contributed by atoms with Crippen molar-refractivity contribution in [1.29, 1.82) is 0 Å². The zero-order valence-electron chi connectivity index (χ0n) is 14.7. The Morgan fingerprint density at radius 2 is 1.97 bits per heavy atom. The smallest absolute Gasteiger partial charge is 0.387 e. The average Bonchev–Trinajstić information content (AvgIpc) is 3.01. The number of anilines is 1. The fourth-order valence-electron chi connectivity index (χ4n) is 2.48. The molecule has 150 valence electrons. The third kappa shape index (κ3) is 4.84. The molecular weight excluding hydrogens is 428 g/mol. The molecular formula is C18H12ClF2N3O4S. The number of aryl methyl sites for hydroxylation is 1. The maximum absolute atomic E-state index is 12.4. The van der Waals surface area contributed by atoms with Crippen LogP contribution < -0.4 is 10.1 Å². The third-order valence-corrected chi connectivity index (χ3v) is 4.98. The maximum atomic E-state index is 12.4. The number of amides is 1. The van der Waals surface area contributed by atoms with Gasteiger partial charge in [-0.15, -0.1) is 11.3 Å². The predicted octanol–water partition coefficient (Wildman–Crippen LogP) is 5.53. The number of hydrogen-bond acceptors (Lipinski definition) is 6. The molecule has 3 rings (SSSR count). The molecule has 0 saturated carbocycles. The van der Waals surface area contributed by atoms with Crippen LogP contribution in [0.2, 0.25) is 5.02 Å². The second kappa shape index (κ2) is 8.50. The highest BCUT2D eigenvalue weighted by Crippen LogP contribution is 2.32. The number of benzene rings is 2. The van der Waals surface area contributed by atoms with Crippen LogP contribution in [0.3, 0.4) is 0 Å². The molecule has 3 aromatic rings. The Hall–Kier alpha value is -3.11. The van der Waals surface area contributed by atoms with Gasteiger partial charge in [-0.05, 0) is 37.3 Å². The Bertz CT molecular complexity index is 1070. The predicted molar refractivity (Wildman–Crippen MR) is 105 cm³/mol. The molecule has 0 radical (unpaired) electrons. The molecule has 0 bridgehead atoms. The van der Waals surface area contributed by atoms with E-state index in [0.717, 1.165) is 10.9 Å². The van der Waals surface area contributed by atoms with E-state index >= 15 is 0 Å². The highest BCUT2D eigenvalue weighted by Gasteiger charge is 2.18. The van der Waals surface area contributed by atoms with Gasteiger partial charge in [0.25, 0.3) is 11.6 Å². The molecule has 0 aliphatic heterocycles. The summed E-state index contributed by atoms with van der Waals surface area (Å²) < 4.78 is 28.8. The number of carbonyl (C=O) groups excluding carboxylic acids is 1. The Kier molecular flexibility index (Phi) is 6.04. The summed E-state index contributed by atoms with van der Waals surface area (Å²) in [4.78, 5) is 27.7. The van der Waals surface area contributed by atoms with Gasteiger partial charge in [-0.2, -0.15) is 8.78 Å². The van der Waals surface area contributed by atoms with E-state index in [1.165, 1.54) is 35.6 Å². The Morgan fingerprint density at radius 3 is 2.55 bits per heavy atom. The second-order valence-electron chi connectivity index (χ2n) is 5.70. The zero-order valence-corrected chi connectivity index (χ0v) is 16.3. The summed E-state index contributed by atoms with van der Waals surface area (Å²) in [6.45, 7) is -1.11. The van der Waals surface area contributed by atoms with Crippen molar-refractivity contribution in [3.05, 3.63) is 68.0 Å². The number of carbonyl (C=O) groups is 1. The number of nitrogens with one attached hydrogen (secondary N) is 1. The molecule has 1 amide bonds. The number of thiazole rings is 1. The normalized spacial score (nSPS) is 10.8. The molecule has 0 aliphatic carbocycles. The molecule has 0 saturated heterocycles. The van der Waals surface area contributed by atoms with Crippen molar-refractivity contribution in [2.75, 3.05) is 5.32 Å². The highest BCUT2D eigenvalue weighted by atomic mass is 35.5. The number of nitrogens with zero attached hydrogens (tertiary/aromatic N) is 2. The van der Waals surface area contributed by atoms with Crippen LogP contribution in [0.15, 0.2) is 42.5 Å². The fourth-order valence-corrected chi connectivity index (χ4v) is 3.57. The van der Waals surface area contributed by atoms with Crippen LogP contribution in [-0.4, -0.2) is 22.4 Å². The molecule has 0 fully saturated rings. The van der Waals surface area contributed by atoms with Crippen LogP contribution in [0.1, 0.15) is 15.2 Å². The number of alkyl halides is 2. The molecule has 0 aliphatic rings. The first-order valence-electron chi connectivity index (χ1n) is 8.02. The van der Waals surface area contributed by atoms with E-state index < -0.39 is 17.4 Å². The first-order chi connectivity index (χ1) is 13.7. The molecule has 0 atom stereocenters. The molecule has 7 nitrogen and oxygen atoms in total. The monoisotopic (exact) mass is 439 g/mol. The van der Waals surface area contributed by atoms with Crippen molar-refractivity contribution in [1.82, 2.24) is 4.98 Å². The lowest BCUT2D eigenvalue weighted by Crippen LogP contribution is -2.12. The molecule has 1 heterocycles. The minimum atomic E-state index is -2.91. The number of halogens is 3. The Morgan fingerprint density at radius 1 is 1.28 bits per heavy atom. The van der Waals surface area contributed by atoms with Crippen molar-refractivity contribution in [2.24, 2.45) is 0 Å². The van der Waals surface area contributed by atoms with Gasteiger partial charge in [-0.25, -0.2) is 4.98 Å². The van der Waals surface area contributed by atoms with Crippen LogP contribution in [0.4, 0.5) is 19.6 Å². The first kappa shape index (κ1) is 20.6. The quantitative estimate of drug-likeness (QED) is 0.402. The van der Waals surface area contributed by atoms with Gasteiger partial charge in [0.2, 0.25) is 0 Å². The lowest BCUT2D eigenvalue weighted by molar-refractivity contribution is -0.384. The number of rotatable bonds is 6. The van der Waals surface area contributed by atoms with Gasteiger partial charge in [0.15, 0.2) is 5.13 Å². The summed E-state index contributed by atoms with van der Waals surface area (Å²) in [5, 5.41) is 13.6. The van der Waals surface area contributed by atoms with E-state index in [1.807, 2.05) is 0 Å². The summed E-state index contributed by atoms with van der Waals surface area (Å²) in [5.41, 5.74) is 1.08. The minimum absolute atomic E-state index is 0.0259. The number of aromatic nitrogens is 1. The van der Waals surface area contributed by atoms with Crippen molar-refractivity contribution in [3.63, 3.8) is 0 Å². The SMILES string of the molecule is Cc1sc(NC(=O)c2ccc([N+](=O)[O-])cc2Cl)nc1-c1ccc(OC(F)F)cc1. The van der Waals surface area contributed by atoms with Gasteiger partial charge >= 0.3 is 6.61 Å². The van der Waals surface area contributed by atoms with E-state index in [4.69, 9.17) is 11.6 Å².